The molecule has 0 radical (unpaired) electrons. The predicted octanol–water partition coefficient (Wildman–Crippen LogP) is 5.76. The molecule has 1 amide bonds. The van der Waals surface area contributed by atoms with Crippen LogP contribution in [0, 0.1) is 13.8 Å². The molecular weight excluding hydrogens is 465 g/mol. The van der Waals surface area contributed by atoms with Gasteiger partial charge >= 0.3 is 6.18 Å². The molecule has 11 heteroatoms. The van der Waals surface area contributed by atoms with E-state index in [-0.39, 0.29) is 11.4 Å². The predicted molar refractivity (Wildman–Crippen MR) is 123 cm³/mol. The van der Waals surface area contributed by atoms with Gasteiger partial charge in [-0.1, -0.05) is 18.2 Å². The van der Waals surface area contributed by atoms with Crippen molar-refractivity contribution in [1.29, 1.82) is 0 Å². The molecule has 0 aliphatic heterocycles. The second-order valence-corrected chi connectivity index (χ2v) is 8.48. The number of nitrogens with zero attached hydrogens (tertiary/aromatic N) is 4. The van der Waals surface area contributed by atoms with Gasteiger partial charge in [-0.05, 0) is 32.0 Å². The number of H-pyrrole nitrogens is 1. The summed E-state index contributed by atoms with van der Waals surface area (Å²) in [7, 11) is 0. The van der Waals surface area contributed by atoms with E-state index in [2.05, 4.69) is 25.4 Å². The van der Waals surface area contributed by atoms with Gasteiger partial charge in [-0.15, -0.1) is 11.3 Å². The number of alkyl halides is 3. The summed E-state index contributed by atoms with van der Waals surface area (Å²) < 4.78 is 39.7. The van der Waals surface area contributed by atoms with Crippen molar-refractivity contribution in [3.05, 3.63) is 76.7 Å². The maximum atomic E-state index is 12.9. The van der Waals surface area contributed by atoms with E-state index in [0.29, 0.717) is 10.8 Å². The van der Waals surface area contributed by atoms with Crippen LogP contribution in [0.5, 0.6) is 0 Å². The molecule has 0 atom stereocenters. The monoisotopic (exact) mass is 482 g/mol. The summed E-state index contributed by atoms with van der Waals surface area (Å²) in [5, 5.41) is 10.2. The number of para-hydroxylation sites is 1. The van der Waals surface area contributed by atoms with Crippen LogP contribution in [0.2, 0.25) is 0 Å². The lowest BCUT2D eigenvalue weighted by Crippen LogP contribution is -2.13. The Morgan fingerprint density at radius 1 is 1.12 bits per heavy atom. The SMILES string of the molecule is Cc1[nH]c2ccccc2c1-c1csc(NC(=O)c2cnn(-c3ccc(C(F)(F)F)cn3)c2C)n1. The number of halogens is 3. The minimum Gasteiger partial charge on any atom is -0.358 e. The van der Waals surface area contributed by atoms with Crippen LogP contribution in [0.4, 0.5) is 18.3 Å². The summed E-state index contributed by atoms with van der Waals surface area (Å²) in [4.78, 5) is 24.6. The maximum Gasteiger partial charge on any atom is 0.417 e. The Balaban J connectivity index is 1.37. The number of carbonyl (C=O) groups excluding carboxylic acids is 1. The minimum atomic E-state index is -4.48. The van der Waals surface area contributed by atoms with Crippen LogP contribution < -0.4 is 5.32 Å². The summed E-state index contributed by atoms with van der Waals surface area (Å²) in [6.45, 7) is 3.61. The number of aromatic amines is 1. The van der Waals surface area contributed by atoms with Crippen molar-refractivity contribution in [3.63, 3.8) is 0 Å². The molecule has 4 heterocycles. The van der Waals surface area contributed by atoms with E-state index in [4.69, 9.17) is 0 Å². The lowest BCUT2D eigenvalue weighted by atomic mass is 10.1. The average Bonchev–Trinajstić information content (AvgIpc) is 3.49. The highest BCUT2D eigenvalue weighted by molar-refractivity contribution is 7.14. The van der Waals surface area contributed by atoms with Gasteiger partial charge in [-0.25, -0.2) is 14.6 Å². The molecule has 0 spiro atoms. The Bertz CT molecular complexity index is 1510. The van der Waals surface area contributed by atoms with Crippen LogP contribution in [0.25, 0.3) is 28.0 Å². The van der Waals surface area contributed by atoms with Gasteiger partial charge in [0.15, 0.2) is 10.9 Å². The molecule has 1 aromatic carbocycles. The number of pyridine rings is 1. The number of nitrogens with one attached hydrogen (secondary N) is 2. The maximum absolute atomic E-state index is 12.9. The lowest BCUT2D eigenvalue weighted by molar-refractivity contribution is -0.137. The molecule has 7 nitrogen and oxygen atoms in total. The van der Waals surface area contributed by atoms with Crippen LogP contribution in [0.1, 0.15) is 27.3 Å². The molecule has 0 unspecified atom stereocenters. The molecule has 5 rings (SSSR count). The number of hydrogen-bond donors (Lipinski definition) is 2. The lowest BCUT2D eigenvalue weighted by Gasteiger charge is -2.08. The highest BCUT2D eigenvalue weighted by Gasteiger charge is 2.31. The van der Waals surface area contributed by atoms with E-state index in [1.165, 1.54) is 28.3 Å². The number of amides is 1. The van der Waals surface area contributed by atoms with Crippen LogP contribution in [0.3, 0.4) is 0 Å². The van der Waals surface area contributed by atoms with Crippen LogP contribution in [-0.4, -0.2) is 30.6 Å². The van der Waals surface area contributed by atoms with Gasteiger partial charge in [-0.2, -0.15) is 18.3 Å². The molecule has 0 saturated heterocycles. The molecular formula is C23H17F3N6OS. The number of anilines is 1. The fourth-order valence-corrected chi connectivity index (χ4v) is 4.46. The Morgan fingerprint density at radius 3 is 2.65 bits per heavy atom. The van der Waals surface area contributed by atoms with Crippen molar-refractivity contribution in [1.82, 2.24) is 24.7 Å². The fourth-order valence-electron chi connectivity index (χ4n) is 3.76. The molecule has 172 valence electrons. The summed E-state index contributed by atoms with van der Waals surface area (Å²) >= 11 is 1.30. The first-order valence-corrected chi connectivity index (χ1v) is 11.0. The van der Waals surface area contributed by atoms with Crippen LogP contribution >= 0.6 is 11.3 Å². The number of aromatic nitrogens is 5. The van der Waals surface area contributed by atoms with Gasteiger partial charge in [0.25, 0.3) is 5.91 Å². The second-order valence-electron chi connectivity index (χ2n) is 7.62. The van der Waals surface area contributed by atoms with Crippen molar-refractivity contribution < 1.29 is 18.0 Å². The van der Waals surface area contributed by atoms with E-state index >= 15 is 0 Å². The number of hydrogen-bond acceptors (Lipinski definition) is 5. The smallest absolute Gasteiger partial charge is 0.358 e. The van der Waals surface area contributed by atoms with Gasteiger partial charge in [-0.3, -0.25) is 10.1 Å². The molecule has 2 N–H and O–H groups in total. The average molecular weight is 482 g/mol. The molecule has 0 fully saturated rings. The Kier molecular flexibility index (Phi) is 5.20. The minimum absolute atomic E-state index is 0.177. The normalized spacial score (nSPS) is 11.8. The fraction of sp³-hybridized carbons (Fsp3) is 0.130. The van der Waals surface area contributed by atoms with E-state index in [9.17, 15) is 18.0 Å². The molecule has 0 bridgehead atoms. The summed E-state index contributed by atoms with van der Waals surface area (Å²) in [5.41, 5.74) is 3.56. The molecule has 5 aromatic rings. The van der Waals surface area contributed by atoms with Gasteiger partial charge in [0.2, 0.25) is 0 Å². The summed E-state index contributed by atoms with van der Waals surface area (Å²) in [6.07, 6.45) is -2.39. The zero-order valence-electron chi connectivity index (χ0n) is 17.9. The Morgan fingerprint density at radius 2 is 1.91 bits per heavy atom. The zero-order chi connectivity index (χ0) is 24.0. The third-order valence-corrected chi connectivity index (χ3v) is 6.18. The van der Waals surface area contributed by atoms with E-state index in [0.717, 1.165) is 40.1 Å². The summed E-state index contributed by atoms with van der Waals surface area (Å²) in [5.74, 6) is -0.247. The first-order chi connectivity index (χ1) is 16.2. The molecule has 4 aromatic heterocycles. The Hall–Kier alpha value is -3.99. The first-order valence-electron chi connectivity index (χ1n) is 10.1. The van der Waals surface area contributed by atoms with Crippen molar-refractivity contribution >= 4 is 33.3 Å². The van der Waals surface area contributed by atoms with Gasteiger partial charge in [0, 0.05) is 33.7 Å². The first kappa shape index (κ1) is 21.8. The van der Waals surface area contributed by atoms with Gasteiger partial charge < -0.3 is 4.98 Å². The molecule has 0 saturated carbocycles. The number of carbonyl (C=O) groups is 1. The third-order valence-electron chi connectivity index (χ3n) is 5.42. The van der Waals surface area contributed by atoms with E-state index in [1.54, 1.807) is 6.92 Å². The van der Waals surface area contributed by atoms with Gasteiger partial charge in [0.05, 0.1) is 28.7 Å². The van der Waals surface area contributed by atoms with Crippen molar-refractivity contribution in [2.24, 2.45) is 0 Å². The highest BCUT2D eigenvalue weighted by atomic mass is 32.1. The molecule has 34 heavy (non-hydrogen) atoms. The van der Waals surface area contributed by atoms with Crippen molar-refractivity contribution in [2.75, 3.05) is 5.32 Å². The molecule has 0 aliphatic rings. The highest BCUT2D eigenvalue weighted by Crippen LogP contribution is 2.34. The number of aryl methyl sites for hydroxylation is 1. The van der Waals surface area contributed by atoms with E-state index in [1.807, 2.05) is 36.6 Å². The second kappa shape index (κ2) is 8.10. The summed E-state index contributed by atoms with van der Waals surface area (Å²) in [6, 6.07) is 10.1. The number of rotatable bonds is 4. The van der Waals surface area contributed by atoms with Crippen LogP contribution in [-0.2, 0) is 6.18 Å². The quantitative estimate of drug-likeness (QED) is 0.341. The Labute approximate surface area is 195 Å². The van der Waals surface area contributed by atoms with Crippen molar-refractivity contribution in [3.8, 4) is 17.1 Å². The third kappa shape index (κ3) is 3.83. The molecule has 0 aliphatic carbocycles. The van der Waals surface area contributed by atoms with E-state index < -0.39 is 17.6 Å². The number of benzene rings is 1. The number of fused-ring (bicyclic) bond motifs is 1. The van der Waals surface area contributed by atoms with Crippen molar-refractivity contribution in [2.45, 2.75) is 20.0 Å². The van der Waals surface area contributed by atoms with Gasteiger partial charge in [0.1, 0.15) is 0 Å². The van der Waals surface area contributed by atoms with Crippen LogP contribution in [0.15, 0.2) is 54.2 Å². The topological polar surface area (TPSA) is 88.5 Å². The standard InChI is InChI=1S/C23H17F3N6OS/c1-12-20(15-5-3-4-6-17(15)29-12)18-11-34-22(30-18)31-21(33)16-10-28-32(13(16)2)19-8-7-14(9-27-19)23(24,25)26/h3-11,29H,1-2H3,(H,30,31,33). The number of thiazole rings is 1. The largest absolute Gasteiger partial charge is 0.417 e. The zero-order valence-corrected chi connectivity index (χ0v) is 18.8.